The van der Waals surface area contributed by atoms with Crippen molar-refractivity contribution < 1.29 is 14.3 Å². The maximum atomic E-state index is 12.6. The first-order chi connectivity index (χ1) is 13.2. The summed E-state index contributed by atoms with van der Waals surface area (Å²) in [5.41, 5.74) is 2.37. The van der Waals surface area contributed by atoms with E-state index in [9.17, 15) is 9.59 Å². The van der Waals surface area contributed by atoms with Gasteiger partial charge in [0.05, 0.1) is 18.4 Å². The van der Waals surface area contributed by atoms with Crippen LogP contribution in [0.1, 0.15) is 26.3 Å². The van der Waals surface area contributed by atoms with Crippen molar-refractivity contribution in [3.8, 4) is 5.75 Å². The first-order valence-corrected chi connectivity index (χ1v) is 8.54. The Hall–Kier alpha value is -3.60. The van der Waals surface area contributed by atoms with Gasteiger partial charge in [-0.15, -0.1) is 0 Å². The summed E-state index contributed by atoms with van der Waals surface area (Å²) in [6, 6.07) is 23.3. The molecule has 3 rings (SSSR count). The molecule has 0 radical (unpaired) electrons. The number of hydrogen-bond acceptors (Lipinski definition) is 3. The third-order valence-corrected chi connectivity index (χ3v) is 4.07. The number of carbonyl (C=O) groups excluding carboxylic acids is 2. The van der Waals surface area contributed by atoms with Gasteiger partial charge in [-0.1, -0.05) is 42.5 Å². The fourth-order valence-corrected chi connectivity index (χ4v) is 2.60. The van der Waals surface area contributed by atoms with Crippen molar-refractivity contribution >= 4 is 17.5 Å². The third-order valence-electron chi connectivity index (χ3n) is 4.07. The van der Waals surface area contributed by atoms with E-state index in [1.165, 1.54) is 0 Å². The van der Waals surface area contributed by atoms with Gasteiger partial charge in [-0.2, -0.15) is 0 Å². The number of para-hydroxylation sites is 1. The summed E-state index contributed by atoms with van der Waals surface area (Å²) >= 11 is 0. The van der Waals surface area contributed by atoms with Crippen molar-refractivity contribution in [1.29, 1.82) is 0 Å². The molecule has 0 saturated heterocycles. The number of anilines is 1. The lowest BCUT2D eigenvalue weighted by molar-refractivity contribution is 0.0952. The van der Waals surface area contributed by atoms with Crippen LogP contribution in [0.15, 0.2) is 78.9 Å². The van der Waals surface area contributed by atoms with Crippen LogP contribution >= 0.6 is 0 Å². The molecule has 0 heterocycles. The molecule has 2 N–H and O–H groups in total. The lowest BCUT2D eigenvalue weighted by Crippen LogP contribution is -2.24. The summed E-state index contributed by atoms with van der Waals surface area (Å²) in [5.74, 6) is 0.250. The number of ether oxygens (including phenoxy) is 1. The van der Waals surface area contributed by atoms with Crippen molar-refractivity contribution in [2.45, 2.75) is 6.54 Å². The lowest BCUT2D eigenvalue weighted by Gasteiger charge is -2.12. The summed E-state index contributed by atoms with van der Waals surface area (Å²) in [5, 5.41) is 5.68. The molecule has 0 aromatic heterocycles. The van der Waals surface area contributed by atoms with E-state index >= 15 is 0 Å². The van der Waals surface area contributed by atoms with E-state index in [1.807, 2.05) is 30.3 Å². The van der Waals surface area contributed by atoms with Crippen LogP contribution in [0.2, 0.25) is 0 Å². The number of hydrogen-bond donors (Lipinski definition) is 2. The summed E-state index contributed by atoms with van der Waals surface area (Å²) < 4.78 is 5.13. The Kier molecular flexibility index (Phi) is 5.84. The van der Waals surface area contributed by atoms with Gasteiger partial charge in [0.2, 0.25) is 0 Å². The highest BCUT2D eigenvalue weighted by atomic mass is 16.5. The average molecular weight is 360 g/mol. The highest BCUT2D eigenvalue weighted by Gasteiger charge is 2.13. The number of nitrogens with one attached hydrogen (secondary N) is 2. The summed E-state index contributed by atoms with van der Waals surface area (Å²) in [6.07, 6.45) is 0. The van der Waals surface area contributed by atoms with Gasteiger partial charge in [-0.25, -0.2) is 0 Å². The molecule has 0 aliphatic carbocycles. The van der Waals surface area contributed by atoms with Gasteiger partial charge >= 0.3 is 0 Å². The molecule has 0 aliphatic rings. The number of carbonyl (C=O) groups is 2. The van der Waals surface area contributed by atoms with E-state index < -0.39 is 0 Å². The smallest absolute Gasteiger partial charge is 0.255 e. The van der Waals surface area contributed by atoms with Crippen LogP contribution in [0.4, 0.5) is 5.69 Å². The van der Waals surface area contributed by atoms with E-state index in [2.05, 4.69) is 10.6 Å². The number of amides is 2. The Morgan fingerprint density at radius 1 is 0.815 bits per heavy atom. The third kappa shape index (κ3) is 4.73. The second kappa shape index (κ2) is 8.67. The number of benzene rings is 3. The van der Waals surface area contributed by atoms with Crippen molar-refractivity contribution in [2.75, 3.05) is 12.4 Å². The first-order valence-electron chi connectivity index (χ1n) is 8.54. The topological polar surface area (TPSA) is 67.4 Å². The van der Waals surface area contributed by atoms with Gasteiger partial charge in [0.15, 0.2) is 0 Å². The quantitative estimate of drug-likeness (QED) is 0.701. The molecule has 0 saturated carbocycles. The monoisotopic (exact) mass is 360 g/mol. The molecule has 0 aliphatic heterocycles. The molecule has 0 atom stereocenters. The van der Waals surface area contributed by atoms with Crippen molar-refractivity contribution in [2.24, 2.45) is 0 Å². The van der Waals surface area contributed by atoms with Crippen molar-refractivity contribution in [3.05, 3.63) is 95.6 Å². The van der Waals surface area contributed by atoms with E-state index in [0.29, 0.717) is 23.4 Å². The van der Waals surface area contributed by atoms with Crippen LogP contribution in [-0.2, 0) is 6.54 Å². The van der Waals surface area contributed by atoms with Crippen molar-refractivity contribution in [3.63, 3.8) is 0 Å². The Balaban J connectivity index is 1.68. The van der Waals surface area contributed by atoms with Crippen molar-refractivity contribution in [1.82, 2.24) is 5.32 Å². The Labute approximate surface area is 158 Å². The van der Waals surface area contributed by atoms with Crippen LogP contribution in [0.3, 0.4) is 0 Å². The Bertz CT molecular complexity index is 922. The normalized spacial score (nSPS) is 10.1. The Morgan fingerprint density at radius 3 is 2.19 bits per heavy atom. The maximum absolute atomic E-state index is 12.6. The molecule has 136 valence electrons. The molecular weight excluding hydrogens is 340 g/mol. The predicted octanol–water partition coefficient (Wildman–Crippen LogP) is 3.88. The van der Waals surface area contributed by atoms with Gasteiger partial charge in [-0.3, -0.25) is 9.59 Å². The predicted molar refractivity (Wildman–Crippen MR) is 105 cm³/mol. The molecule has 0 spiro atoms. The zero-order valence-corrected chi connectivity index (χ0v) is 14.9. The minimum atomic E-state index is -0.258. The molecule has 0 bridgehead atoms. The van der Waals surface area contributed by atoms with E-state index in [4.69, 9.17) is 4.74 Å². The van der Waals surface area contributed by atoms with Crippen LogP contribution in [0, 0.1) is 0 Å². The molecular formula is C22H20N2O3. The van der Waals surface area contributed by atoms with Crippen LogP contribution in [-0.4, -0.2) is 18.9 Å². The molecule has 0 unspecified atom stereocenters. The number of rotatable bonds is 6. The largest absolute Gasteiger partial charge is 0.497 e. The molecule has 3 aromatic carbocycles. The second-order valence-corrected chi connectivity index (χ2v) is 5.90. The van der Waals surface area contributed by atoms with Crippen LogP contribution in [0.5, 0.6) is 5.75 Å². The van der Waals surface area contributed by atoms with E-state index in [-0.39, 0.29) is 11.8 Å². The van der Waals surface area contributed by atoms with Gasteiger partial charge in [-0.05, 0) is 42.0 Å². The van der Waals surface area contributed by atoms with E-state index in [0.717, 1.165) is 11.3 Å². The fourth-order valence-electron chi connectivity index (χ4n) is 2.60. The zero-order valence-electron chi connectivity index (χ0n) is 14.9. The molecule has 0 fully saturated rings. The molecule has 27 heavy (non-hydrogen) atoms. The molecule has 5 heteroatoms. The SMILES string of the molecule is COc1ccc(CNC(=O)c2ccccc2NC(=O)c2ccccc2)cc1. The van der Waals surface area contributed by atoms with E-state index in [1.54, 1.807) is 55.6 Å². The average Bonchev–Trinajstić information content (AvgIpc) is 2.73. The first kappa shape index (κ1) is 18.2. The zero-order chi connectivity index (χ0) is 19.1. The second-order valence-electron chi connectivity index (χ2n) is 5.90. The highest BCUT2D eigenvalue weighted by molar-refractivity contribution is 6.08. The maximum Gasteiger partial charge on any atom is 0.255 e. The molecule has 2 amide bonds. The summed E-state index contributed by atoms with van der Waals surface area (Å²) in [7, 11) is 1.61. The number of methoxy groups -OCH3 is 1. The highest BCUT2D eigenvalue weighted by Crippen LogP contribution is 2.17. The minimum Gasteiger partial charge on any atom is -0.497 e. The van der Waals surface area contributed by atoms with Gasteiger partial charge < -0.3 is 15.4 Å². The van der Waals surface area contributed by atoms with Gasteiger partial charge in [0.25, 0.3) is 11.8 Å². The molecule has 5 nitrogen and oxygen atoms in total. The summed E-state index contributed by atoms with van der Waals surface area (Å²) in [6.45, 7) is 0.379. The minimum absolute atomic E-state index is 0.255. The summed E-state index contributed by atoms with van der Waals surface area (Å²) in [4.78, 5) is 25.0. The van der Waals surface area contributed by atoms with Gasteiger partial charge in [0, 0.05) is 12.1 Å². The van der Waals surface area contributed by atoms with Crippen LogP contribution < -0.4 is 15.4 Å². The lowest BCUT2D eigenvalue weighted by atomic mass is 10.1. The van der Waals surface area contributed by atoms with Crippen LogP contribution in [0.25, 0.3) is 0 Å². The molecule has 3 aromatic rings. The fraction of sp³-hybridized carbons (Fsp3) is 0.0909. The Morgan fingerprint density at radius 2 is 1.48 bits per heavy atom. The van der Waals surface area contributed by atoms with Gasteiger partial charge in [0.1, 0.15) is 5.75 Å². The standard InChI is InChI=1S/C22H20N2O3/c1-27-18-13-11-16(12-14-18)15-23-22(26)19-9-5-6-10-20(19)24-21(25)17-7-3-2-4-8-17/h2-14H,15H2,1H3,(H,23,26)(H,24,25).